The number of nitrogens with one attached hydrogen (secondary N) is 2. The van der Waals surface area contributed by atoms with Crippen LogP contribution in [0.1, 0.15) is 12.8 Å². The van der Waals surface area contributed by atoms with Gasteiger partial charge in [-0.2, -0.15) is 0 Å². The molecule has 162 valence electrons. The Hall–Kier alpha value is -3.17. The molecule has 9 heteroatoms. The van der Waals surface area contributed by atoms with E-state index in [1.807, 2.05) is 47.1 Å². The van der Waals surface area contributed by atoms with Crippen LogP contribution in [-0.2, 0) is 9.47 Å². The fourth-order valence-corrected chi connectivity index (χ4v) is 3.95. The smallest absolute Gasteiger partial charge is 0.319 e. The lowest BCUT2D eigenvalue weighted by Gasteiger charge is -2.28. The quantitative estimate of drug-likeness (QED) is 0.671. The summed E-state index contributed by atoms with van der Waals surface area (Å²) >= 11 is 0. The van der Waals surface area contributed by atoms with Gasteiger partial charge in [-0.3, -0.25) is 0 Å². The minimum atomic E-state index is -0.195. The number of anilines is 2. The van der Waals surface area contributed by atoms with Gasteiger partial charge in [-0.15, -0.1) is 5.10 Å². The van der Waals surface area contributed by atoms with E-state index in [2.05, 4.69) is 20.6 Å². The minimum absolute atomic E-state index is 0.160. The van der Waals surface area contributed by atoms with E-state index in [-0.39, 0.29) is 12.1 Å². The van der Waals surface area contributed by atoms with Gasteiger partial charge >= 0.3 is 6.03 Å². The number of ether oxygens (including phenoxy) is 2. The number of fused-ring (bicyclic) bond motifs is 1. The van der Waals surface area contributed by atoms with Crippen molar-refractivity contribution in [3.63, 3.8) is 0 Å². The van der Waals surface area contributed by atoms with E-state index in [1.54, 1.807) is 0 Å². The minimum Gasteiger partial charge on any atom is -0.381 e. The molecule has 2 aromatic heterocycles. The average Bonchev–Trinajstić information content (AvgIpc) is 3.29. The number of morpholine rings is 1. The fourth-order valence-electron chi connectivity index (χ4n) is 3.95. The van der Waals surface area contributed by atoms with Crippen molar-refractivity contribution in [2.24, 2.45) is 0 Å². The summed E-state index contributed by atoms with van der Waals surface area (Å²) in [6, 6.07) is 11.6. The highest BCUT2D eigenvalue weighted by atomic mass is 16.5. The summed E-state index contributed by atoms with van der Waals surface area (Å²) in [6.07, 6.45) is 3.62. The van der Waals surface area contributed by atoms with Crippen LogP contribution in [0.2, 0.25) is 0 Å². The predicted molar refractivity (Wildman–Crippen MR) is 117 cm³/mol. The molecule has 0 bridgehead atoms. The number of rotatable bonds is 4. The monoisotopic (exact) mass is 422 g/mol. The van der Waals surface area contributed by atoms with Crippen molar-refractivity contribution in [3.05, 3.63) is 42.6 Å². The zero-order chi connectivity index (χ0) is 21.0. The topological polar surface area (TPSA) is 93.0 Å². The number of amides is 2. The summed E-state index contributed by atoms with van der Waals surface area (Å²) in [5, 5.41) is 10.6. The summed E-state index contributed by atoms with van der Waals surface area (Å²) in [5.74, 6) is 1.56. The molecule has 1 aromatic carbocycles. The Balaban J connectivity index is 1.32. The van der Waals surface area contributed by atoms with E-state index in [1.165, 1.54) is 0 Å². The van der Waals surface area contributed by atoms with Gasteiger partial charge in [0, 0.05) is 49.8 Å². The van der Waals surface area contributed by atoms with Gasteiger partial charge in [0.15, 0.2) is 11.6 Å². The van der Waals surface area contributed by atoms with E-state index < -0.39 is 0 Å². The second kappa shape index (κ2) is 8.91. The molecule has 0 spiro atoms. The summed E-state index contributed by atoms with van der Waals surface area (Å²) in [5.41, 5.74) is 2.60. The van der Waals surface area contributed by atoms with Crippen molar-refractivity contribution in [1.82, 2.24) is 19.9 Å². The summed E-state index contributed by atoms with van der Waals surface area (Å²) in [7, 11) is 0. The Morgan fingerprint density at radius 2 is 1.74 bits per heavy atom. The Morgan fingerprint density at radius 1 is 1.00 bits per heavy atom. The molecule has 5 rings (SSSR count). The lowest BCUT2D eigenvalue weighted by molar-refractivity contribution is 0.0806. The highest BCUT2D eigenvalue weighted by Crippen LogP contribution is 2.25. The summed E-state index contributed by atoms with van der Waals surface area (Å²) in [6.45, 7) is 4.39. The van der Waals surface area contributed by atoms with Crippen LogP contribution >= 0.6 is 0 Å². The van der Waals surface area contributed by atoms with Crippen LogP contribution in [0.15, 0.2) is 42.6 Å². The molecule has 0 aliphatic carbocycles. The predicted octanol–water partition coefficient (Wildman–Crippen LogP) is 2.53. The second-order valence-corrected chi connectivity index (χ2v) is 7.76. The SMILES string of the molecule is O=C(Nc1ccc(-c2nc(N3CCOCC3)c3cccn3n2)cc1)NC1CCOCC1. The Kier molecular flexibility index (Phi) is 5.68. The fraction of sp³-hybridized carbons (Fsp3) is 0.409. The van der Waals surface area contributed by atoms with Crippen LogP contribution < -0.4 is 15.5 Å². The van der Waals surface area contributed by atoms with Gasteiger partial charge in [0.2, 0.25) is 0 Å². The molecule has 2 aliphatic heterocycles. The molecule has 3 aromatic rings. The third-order valence-electron chi connectivity index (χ3n) is 5.64. The number of nitrogens with zero attached hydrogens (tertiary/aromatic N) is 4. The van der Waals surface area contributed by atoms with Gasteiger partial charge in [0.25, 0.3) is 0 Å². The first-order chi connectivity index (χ1) is 15.3. The average molecular weight is 422 g/mol. The lowest BCUT2D eigenvalue weighted by Crippen LogP contribution is -2.41. The second-order valence-electron chi connectivity index (χ2n) is 7.76. The van der Waals surface area contributed by atoms with Crippen LogP contribution in [0.4, 0.5) is 16.3 Å². The number of urea groups is 1. The molecule has 0 atom stereocenters. The van der Waals surface area contributed by atoms with Crippen molar-refractivity contribution >= 4 is 23.1 Å². The van der Waals surface area contributed by atoms with Gasteiger partial charge in [-0.05, 0) is 49.2 Å². The lowest BCUT2D eigenvalue weighted by atomic mass is 10.1. The van der Waals surface area contributed by atoms with Crippen LogP contribution in [0.3, 0.4) is 0 Å². The maximum atomic E-state index is 12.3. The van der Waals surface area contributed by atoms with Crippen molar-refractivity contribution in [2.45, 2.75) is 18.9 Å². The third kappa shape index (κ3) is 4.47. The molecule has 4 heterocycles. The number of carbonyl (C=O) groups excluding carboxylic acids is 1. The van der Waals surface area contributed by atoms with Crippen molar-refractivity contribution in [3.8, 4) is 11.4 Å². The molecule has 0 saturated carbocycles. The Bertz CT molecular complexity index is 1040. The van der Waals surface area contributed by atoms with Gasteiger partial charge in [0.1, 0.15) is 5.52 Å². The van der Waals surface area contributed by atoms with E-state index in [4.69, 9.17) is 14.5 Å². The van der Waals surface area contributed by atoms with Crippen LogP contribution in [0, 0.1) is 0 Å². The van der Waals surface area contributed by atoms with Crippen LogP contribution in [0.5, 0.6) is 0 Å². The highest BCUT2D eigenvalue weighted by Gasteiger charge is 2.19. The third-order valence-corrected chi connectivity index (χ3v) is 5.64. The van der Waals surface area contributed by atoms with E-state index in [0.29, 0.717) is 32.3 Å². The van der Waals surface area contributed by atoms with Gasteiger partial charge < -0.3 is 25.0 Å². The first-order valence-electron chi connectivity index (χ1n) is 10.7. The van der Waals surface area contributed by atoms with E-state index in [0.717, 1.165) is 48.5 Å². The van der Waals surface area contributed by atoms with Crippen LogP contribution in [-0.4, -0.2) is 66.2 Å². The van der Waals surface area contributed by atoms with Gasteiger partial charge in [-0.25, -0.2) is 14.3 Å². The largest absolute Gasteiger partial charge is 0.381 e. The van der Waals surface area contributed by atoms with Crippen molar-refractivity contribution < 1.29 is 14.3 Å². The van der Waals surface area contributed by atoms with Gasteiger partial charge in [-0.1, -0.05) is 0 Å². The van der Waals surface area contributed by atoms with E-state index in [9.17, 15) is 4.79 Å². The molecule has 0 unspecified atom stereocenters. The zero-order valence-electron chi connectivity index (χ0n) is 17.3. The van der Waals surface area contributed by atoms with Crippen LogP contribution in [0.25, 0.3) is 16.9 Å². The standard InChI is InChI=1S/C22H26N6O3/c29-22(24-18-7-12-30-13-8-18)23-17-5-3-16(4-6-17)20-25-21(27-10-14-31-15-11-27)19-2-1-9-28(19)26-20/h1-6,9,18H,7-8,10-15H2,(H2,23,24,29). The highest BCUT2D eigenvalue weighted by molar-refractivity contribution is 5.89. The first-order valence-corrected chi connectivity index (χ1v) is 10.7. The maximum Gasteiger partial charge on any atom is 0.319 e. The number of carbonyl (C=O) groups is 1. The normalized spacial score (nSPS) is 17.6. The molecule has 2 fully saturated rings. The molecule has 31 heavy (non-hydrogen) atoms. The first kappa shape index (κ1) is 19.8. The molecular formula is C22H26N6O3. The van der Waals surface area contributed by atoms with Crippen molar-refractivity contribution in [1.29, 1.82) is 0 Å². The molecule has 9 nitrogen and oxygen atoms in total. The number of benzene rings is 1. The number of aromatic nitrogens is 3. The zero-order valence-corrected chi connectivity index (χ0v) is 17.3. The summed E-state index contributed by atoms with van der Waals surface area (Å²) < 4.78 is 12.7. The number of hydrogen-bond donors (Lipinski definition) is 2. The molecular weight excluding hydrogens is 396 g/mol. The van der Waals surface area contributed by atoms with E-state index >= 15 is 0 Å². The molecule has 2 aliphatic rings. The van der Waals surface area contributed by atoms with Gasteiger partial charge in [0.05, 0.1) is 13.2 Å². The maximum absolute atomic E-state index is 12.3. The molecule has 2 saturated heterocycles. The molecule has 2 amide bonds. The Morgan fingerprint density at radius 3 is 2.52 bits per heavy atom. The van der Waals surface area contributed by atoms with Crippen molar-refractivity contribution in [2.75, 3.05) is 49.7 Å². The molecule has 2 N–H and O–H groups in total. The number of hydrogen-bond acceptors (Lipinski definition) is 6. The molecule has 0 radical (unpaired) electrons. The summed E-state index contributed by atoms with van der Waals surface area (Å²) in [4.78, 5) is 19.4. The Labute approximate surface area is 180 Å².